The fourth-order valence-corrected chi connectivity index (χ4v) is 2.80. The van der Waals surface area contributed by atoms with E-state index in [0.29, 0.717) is 12.5 Å². The lowest BCUT2D eigenvalue weighted by Gasteiger charge is -2.23. The first-order valence-electron chi connectivity index (χ1n) is 8.60. The van der Waals surface area contributed by atoms with E-state index < -0.39 is 29.6 Å². The average molecular weight is 366 g/mol. The Bertz CT molecular complexity index is 734. The lowest BCUT2D eigenvalue weighted by molar-refractivity contribution is -0.153. The molecule has 0 N–H and O–H groups in total. The lowest BCUT2D eigenvalue weighted by atomic mass is 10.0. The molecule has 1 atom stereocenters. The minimum Gasteiger partial charge on any atom is -0.465 e. The standard InChI is InChI=1S/C18H20F2N2O4/c1-2-25-17(23)10-22(9-11-3-4-11)18(24)16-8-15(21-26-16)13-7-12(19)5-6-14(13)20/h5-7,11,16H,2-4,8-10H2,1H3. The number of hydrogen-bond donors (Lipinski definition) is 0. The van der Waals surface area contributed by atoms with Gasteiger partial charge in [-0.1, -0.05) is 5.16 Å². The van der Waals surface area contributed by atoms with E-state index >= 15 is 0 Å². The number of nitrogens with zero attached hydrogens (tertiary/aromatic N) is 2. The molecule has 26 heavy (non-hydrogen) atoms. The monoisotopic (exact) mass is 366 g/mol. The van der Waals surface area contributed by atoms with Gasteiger partial charge in [0.15, 0.2) is 0 Å². The Balaban J connectivity index is 1.67. The van der Waals surface area contributed by atoms with Crippen LogP contribution in [0.1, 0.15) is 31.7 Å². The molecule has 1 aliphatic carbocycles. The van der Waals surface area contributed by atoms with Gasteiger partial charge in [0.1, 0.15) is 18.2 Å². The maximum atomic E-state index is 13.9. The van der Waals surface area contributed by atoms with Crippen LogP contribution in [0.3, 0.4) is 0 Å². The Morgan fingerprint density at radius 1 is 1.35 bits per heavy atom. The molecule has 0 aromatic heterocycles. The number of oxime groups is 1. The Kier molecular flexibility index (Phi) is 5.49. The molecule has 0 spiro atoms. The van der Waals surface area contributed by atoms with Crippen LogP contribution in [0.2, 0.25) is 0 Å². The van der Waals surface area contributed by atoms with Crippen LogP contribution in [0.15, 0.2) is 23.4 Å². The van der Waals surface area contributed by atoms with Crippen molar-refractivity contribution in [1.29, 1.82) is 0 Å². The fourth-order valence-electron chi connectivity index (χ4n) is 2.80. The van der Waals surface area contributed by atoms with E-state index in [-0.39, 0.29) is 30.8 Å². The van der Waals surface area contributed by atoms with Crippen molar-refractivity contribution in [3.05, 3.63) is 35.4 Å². The summed E-state index contributed by atoms with van der Waals surface area (Å²) in [5, 5.41) is 3.75. The largest absolute Gasteiger partial charge is 0.465 e. The number of halogens is 2. The highest BCUT2D eigenvalue weighted by Gasteiger charge is 2.36. The van der Waals surface area contributed by atoms with Gasteiger partial charge in [-0.05, 0) is 43.9 Å². The van der Waals surface area contributed by atoms with Crippen molar-refractivity contribution in [1.82, 2.24) is 4.90 Å². The minimum absolute atomic E-state index is 0.0171. The van der Waals surface area contributed by atoms with Crippen LogP contribution in [0.5, 0.6) is 0 Å². The third-order valence-corrected chi connectivity index (χ3v) is 4.30. The van der Waals surface area contributed by atoms with E-state index in [1.807, 2.05) is 0 Å². The number of carbonyl (C=O) groups is 2. The number of ether oxygens (including phenoxy) is 1. The van der Waals surface area contributed by atoms with Crippen molar-refractivity contribution in [3.8, 4) is 0 Å². The second kappa shape index (κ2) is 7.80. The third-order valence-electron chi connectivity index (χ3n) is 4.30. The molecule has 2 aliphatic rings. The molecule has 0 saturated heterocycles. The minimum atomic E-state index is -0.958. The van der Waals surface area contributed by atoms with Crippen molar-refractivity contribution in [2.24, 2.45) is 11.1 Å². The van der Waals surface area contributed by atoms with Gasteiger partial charge in [0, 0.05) is 18.5 Å². The topological polar surface area (TPSA) is 68.2 Å². The van der Waals surface area contributed by atoms with Gasteiger partial charge in [-0.15, -0.1) is 0 Å². The summed E-state index contributed by atoms with van der Waals surface area (Å²) in [7, 11) is 0. The zero-order chi connectivity index (χ0) is 18.7. The van der Waals surface area contributed by atoms with Crippen LogP contribution in [-0.4, -0.2) is 48.3 Å². The molecular weight excluding hydrogens is 346 g/mol. The number of esters is 1. The first kappa shape index (κ1) is 18.3. The molecular formula is C18H20F2N2O4. The summed E-state index contributed by atoms with van der Waals surface area (Å²) in [6, 6.07) is 3.03. The Morgan fingerprint density at radius 3 is 2.81 bits per heavy atom. The van der Waals surface area contributed by atoms with E-state index in [2.05, 4.69) is 5.16 Å². The van der Waals surface area contributed by atoms with Gasteiger partial charge in [0.05, 0.1) is 12.3 Å². The molecule has 0 radical (unpaired) electrons. The highest BCUT2D eigenvalue weighted by Crippen LogP contribution is 2.30. The number of benzene rings is 1. The van der Waals surface area contributed by atoms with E-state index in [9.17, 15) is 18.4 Å². The van der Waals surface area contributed by atoms with Crippen LogP contribution < -0.4 is 0 Å². The Labute approximate surface area is 149 Å². The summed E-state index contributed by atoms with van der Waals surface area (Å²) in [6.07, 6.45) is 1.08. The average Bonchev–Trinajstić information content (AvgIpc) is 3.29. The summed E-state index contributed by atoms with van der Waals surface area (Å²) in [4.78, 5) is 31.1. The quantitative estimate of drug-likeness (QED) is 0.694. The van der Waals surface area contributed by atoms with E-state index in [0.717, 1.165) is 31.0 Å². The normalized spacial score (nSPS) is 18.9. The number of amides is 1. The molecule has 1 amide bonds. The molecule has 3 rings (SSSR count). The maximum Gasteiger partial charge on any atom is 0.325 e. The fraction of sp³-hybridized carbons (Fsp3) is 0.500. The first-order chi connectivity index (χ1) is 12.5. The smallest absolute Gasteiger partial charge is 0.325 e. The Morgan fingerprint density at radius 2 is 2.12 bits per heavy atom. The SMILES string of the molecule is CCOC(=O)CN(CC1CC1)C(=O)C1CC(c2cc(F)ccc2F)=NO1. The van der Waals surface area contributed by atoms with Gasteiger partial charge in [-0.3, -0.25) is 9.59 Å². The summed E-state index contributed by atoms with van der Waals surface area (Å²) < 4.78 is 32.2. The molecule has 1 unspecified atom stereocenters. The van der Waals surface area contributed by atoms with Gasteiger partial charge in [-0.2, -0.15) is 0 Å². The number of hydrogen-bond acceptors (Lipinski definition) is 5. The highest BCUT2D eigenvalue weighted by molar-refractivity contribution is 6.04. The summed E-state index contributed by atoms with van der Waals surface area (Å²) >= 11 is 0. The van der Waals surface area contributed by atoms with E-state index in [1.165, 1.54) is 4.90 Å². The molecule has 1 aromatic rings. The van der Waals surface area contributed by atoms with Crippen LogP contribution >= 0.6 is 0 Å². The zero-order valence-corrected chi connectivity index (χ0v) is 14.4. The summed E-state index contributed by atoms with van der Waals surface area (Å²) in [5.74, 6) is -1.76. The summed E-state index contributed by atoms with van der Waals surface area (Å²) in [5.41, 5.74) is 0.141. The second-order valence-corrected chi connectivity index (χ2v) is 6.43. The molecule has 1 aliphatic heterocycles. The second-order valence-electron chi connectivity index (χ2n) is 6.43. The molecule has 1 saturated carbocycles. The predicted octanol–water partition coefficient (Wildman–Crippen LogP) is 2.26. The number of carbonyl (C=O) groups excluding carboxylic acids is 2. The van der Waals surface area contributed by atoms with Gasteiger partial charge < -0.3 is 14.5 Å². The summed E-state index contributed by atoms with van der Waals surface area (Å²) in [6.45, 7) is 2.21. The molecule has 0 bridgehead atoms. The first-order valence-corrected chi connectivity index (χ1v) is 8.60. The Hall–Kier alpha value is -2.51. The molecule has 140 valence electrons. The van der Waals surface area contributed by atoms with Gasteiger partial charge in [0.25, 0.3) is 5.91 Å². The molecule has 6 nitrogen and oxygen atoms in total. The van der Waals surface area contributed by atoms with Crippen molar-refractivity contribution in [2.75, 3.05) is 19.7 Å². The molecule has 1 heterocycles. The van der Waals surface area contributed by atoms with Gasteiger partial charge in [0.2, 0.25) is 6.10 Å². The van der Waals surface area contributed by atoms with Gasteiger partial charge in [-0.25, -0.2) is 8.78 Å². The van der Waals surface area contributed by atoms with Crippen molar-refractivity contribution in [2.45, 2.75) is 32.3 Å². The van der Waals surface area contributed by atoms with Crippen LogP contribution in [0.4, 0.5) is 8.78 Å². The third kappa shape index (κ3) is 4.36. The number of rotatable bonds is 7. The van der Waals surface area contributed by atoms with Crippen LogP contribution in [-0.2, 0) is 19.2 Å². The van der Waals surface area contributed by atoms with Crippen molar-refractivity contribution >= 4 is 17.6 Å². The maximum absolute atomic E-state index is 13.9. The molecule has 8 heteroatoms. The van der Waals surface area contributed by atoms with E-state index in [1.54, 1.807) is 6.92 Å². The van der Waals surface area contributed by atoms with Crippen molar-refractivity contribution in [3.63, 3.8) is 0 Å². The highest BCUT2D eigenvalue weighted by atomic mass is 19.1. The van der Waals surface area contributed by atoms with Crippen LogP contribution in [0, 0.1) is 17.6 Å². The zero-order valence-electron chi connectivity index (χ0n) is 14.4. The van der Waals surface area contributed by atoms with Gasteiger partial charge >= 0.3 is 5.97 Å². The van der Waals surface area contributed by atoms with E-state index in [4.69, 9.17) is 9.57 Å². The lowest BCUT2D eigenvalue weighted by Crippen LogP contribution is -2.43. The molecule has 1 fully saturated rings. The molecule has 1 aromatic carbocycles. The van der Waals surface area contributed by atoms with Crippen LogP contribution in [0.25, 0.3) is 0 Å². The predicted molar refractivity (Wildman–Crippen MR) is 88.3 cm³/mol. The van der Waals surface area contributed by atoms with Crippen molar-refractivity contribution < 1.29 is 27.9 Å².